The molecule has 1 aliphatic carbocycles. The van der Waals surface area contributed by atoms with Crippen molar-refractivity contribution >= 4 is 5.97 Å². The van der Waals surface area contributed by atoms with Gasteiger partial charge in [0, 0.05) is 12.1 Å². The molecule has 0 saturated carbocycles. The normalized spacial score (nSPS) is 16.6. The number of fused-ring (bicyclic) bond motifs is 1. The Morgan fingerprint density at radius 1 is 1.25 bits per heavy atom. The van der Waals surface area contributed by atoms with E-state index in [4.69, 9.17) is 19.9 Å². The van der Waals surface area contributed by atoms with Gasteiger partial charge in [0.25, 0.3) is 0 Å². The highest BCUT2D eigenvalue weighted by molar-refractivity contribution is 5.71. The van der Waals surface area contributed by atoms with Gasteiger partial charge in [0.05, 0.1) is 13.2 Å². The molecule has 0 saturated heterocycles. The summed E-state index contributed by atoms with van der Waals surface area (Å²) in [6.07, 6.45) is 1.63. The lowest BCUT2D eigenvalue weighted by atomic mass is 10.1. The Balaban J connectivity index is 2.12. The SMILES string of the molecule is CCOC(=O)COc1cc2c(c(OCC)c1)CC(N)C2. The Morgan fingerprint density at radius 3 is 2.75 bits per heavy atom. The molecule has 0 spiro atoms. The molecule has 0 aliphatic heterocycles. The van der Waals surface area contributed by atoms with Crippen LogP contribution in [0, 0.1) is 0 Å². The molecule has 1 atom stereocenters. The lowest BCUT2D eigenvalue weighted by Crippen LogP contribution is -2.19. The predicted molar refractivity (Wildman–Crippen MR) is 75.1 cm³/mol. The quantitative estimate of drug-likeness (QED) is 0.798. The summed E-state index contributed by atoms with van der Waals surface area (Å²) in [5.41, 5.74) is 8.29. The maximum Gasteiger partial charge on any atom is 0.344 e. The summed E-state index contributed by atoms with van der Waals surface area (Å²) in [6, 6.07) is 3.88. The molecular weight excluding hydrogens is 258 g/mol. The van der Waals surface area contributed by atoms with Crippen molar-refractivity contribution in [1.82, 2.24) is 0 Å². The van der Waals surface area contributed by atoms with Gasteiger partial charge in [-0.1, -0.05) is 0 Å². The molecule has 5 nitrogen and oxygen atoms in total. The van der Waals surface area contributed by atoms with E-state index < -0.39 is 0 Å². The maximum atomic E-state index is 11.3. The van der Waals surface area contributed by atoms with E-state index in [2.05, 4.69) is 0 Å². The van der Waals surface area contributed by atoms with Crippen LogP contribution < -0.4 is 15.2 Å². The number of carbonyl (C=O) groups is 1. The number of ether oxygens (including phenoxy) is 3. The van der Waals surface area contributed by atoms with Gasteiger partial charge in [-0.05, 0) is 43.9 Å². The molecule has 0 radical (unpaired) electrons. The Kier molecular flexibility index (Phi) is 4.84. The fourth-order valence-corrected chi connectivity index (χ4v) is 2.42. The average Bonchev–Trinajstić information content (AvgIpc) is 2.78. The largest absolute Gasteiger partial charge is 0.493 e. The van der Waals surface area contributed by atoms with E-state index in [0.717, 1.165) is 29.7 Å². The zero-order valence-electron chi connectivity index (χ0n) is 12.0. The fourth-order valence-electron chi connectivity index (χ4n) is 2.42. The first-order valence-electron chi connectivity index (χ1n) is 6.96. The monoisotopic (exact) mass is 279 g/mol. The molecule has 1 aliphatic rings. The van der Waals surface area contributed by atoms with Crippen LogP contribution in [0.4, 0.5) is 0 Å². The van der Waals surface area contributed by atoms with Crippen LogP contribution in [0.25, 0.3) is 0 Å². The lowest BCUT2D eigenvalue weighted by molar-refractivity contribution is -0.145. The predicted octanol–water partition coefficient (Wildman–Crippen LogP) is 1.45. The standard InChI is InChI=1S/C15H21NO4/c1-3-18-14-8-12(20-9-15(17)19-4-2)6-10-5-11(16)7-13(10)14/h6,8,11H,3-5,7,9,16H2,1-2H3. The van der Waals surface area contributed by atoms with Crippen LogP contribution in [0.1, 0.15) is 25.0 Å². The number of nitrogens with two attached hydrogens (primary N) is 1. The first-order chi connectivity index (χ1) is 9.63. The van der Waals surface area contributed by atoms with Crippen molar-refractivity contribution in [2.45, 2.75) is 32.7 Å². The Bertz CT molecular complexity index is 487. The van der Waals surface area contributed by atoms with Crippen LogP contribution in [0.15, 0.2) is 12.1 Å². The summed E-state index contributed by atoms with van der Waals surface area (Å²) in [6.45, 7) is 4.55. The minimum Gasteiger partial charge on any atom is -0.493 e. The zero-order chi connectivity index (χ0) is 14.5. The van der Waals surface area contributed by atoms with E-state index in [0.29, 0.717) is 19.0 Å². The molecule has 0 fully saturated rings. The Hall–Kier alpha value is -1.75. The first kappa shape index (κ1) is 14.7. The first-order valence-corrected chi connectivity index (χ1v) is 6.96. The van der Waals surface area contributed by atoms with Crippen LogP contribution in [0.5, 0.6) is 11.5 Å². The summed E-state index contributed by atoms with van der Waals surface area (Å²) in [7, 11) is 0. The number of benzene rings is 1. The molecule has 1 aromatic carbocycles. The van der Waals surface area contributed by atoms with Crippen LogP contribution >= 0.6 is 0 Å². The molecule has 1 unspecified atom stereocenters. The van der Waals surface area contributed by atoms with Gasteiger partial charge < -0.3 is 19.9 Å². The van der Waals surface area contributed by atoms with Gasteiger partial charge in [-0.25, -0.2) is 4.79 Å². The van der Waals surface area contributed by atoms with Crippen LogP contribution in [0.2, 0.25) is 0 Å². The highest BCUT2D eigenvalue weighted by Crippen LogP contribution is 2.34. The number of esters is 1. The third-order valence-electron chi connectivity index (χ3n) is 3.19. The zero-order valence-corrected chi connectivity index (χ0v) is 12.0. The van der Waals surface area contributed by atoms with Gasteiger partial charge in [0.2, 0.25) is 0 Å². The summed E-state index contributed by atoms with van der Waals surface area (Å²) < 4.78 is 15.9. The van der Waals surface area contributed by atoms with Gasteiger partial charge in [-0.2, -0.15) is 0 Å². The van der Waals surface area contributed by atoms with E-state index in [-0.39, 0.29) is 18.6 Å². The van der Waals surface area contributed by atoms with E-state index in [1.54, 1.807) is 6.92 Å². The maximum absolute atomic E-state index is 11.3. The second-order valence-corrected chi connectivity index (χ2v) is 4.75. The van der Waals surface area contributed by atoms with Crippen LogP contribution in [0.3, 0.4) is 0 Å². The molecular formula is C15H21NO4. The molecule has 0 amide bonds. The average molecular weight is 279 g/mol. The highest BCUT2D eigenvalue weighted by Gasteiger charge is 2.23. The van der Waals surface area contributed by atoms with Crippen LogP contribution in [-0.2, 0) is 22.4 Å². The van der Waals surface area contributed by atoms with Crippen molar-refractivity contribution in [3.8, 4) is 11.5 Å². The van der Waals surface area contributed by atoms with Crippen molar-refractivity contribution in [2.24, 2.45) is 5.73 Å². The summed E-state index contributed by atoms with van der Waals surface area (Å²) in [5.74, 6) is 1.05. The number of hydrogen-bond acceptors (Lipinski definition) is 5. The molecule has 0 heterocycles. The second kappa shape index (κ2) is 6.61. The van der Waals surface area contributed by atoms with Crippen molar-refractivity contribution in [3.05, 3.63) is 23.3 Å². The van der Waals surface area contributed by atoms with E-state index in [1.165, 1.54) is 0 Å². The lowest BCUT2D eigenvalue weighted by Gasteiger charge is -2.12. The minimum atomic E-state index is -0.373. The van der Waals surface area contributed by atoms with Crippen molar-refractivity contribution in [2.75, 3.05) is 19.8 Å². The number of hydrogen-bond donors (Lipinski definition) is 1. The highest BCUT2D eigenvalue weighted by atomic mass is 16.6. The summed E-state index contributed by atoms with van der Waals surface area (Å²) in [4.78, 5) is 11.3. The molecule has 0 aromatic heterocycles. The Labute approximate surface area is 119 Å². The summed E-state index contributed by atoms with van der Waals surface area (Å²) >= 11 is 0. The van der Waals surface area contributed by atoms with Gasteiger partial charge in [0.1, 0.15) is 11.5 Å². The van der Waals surface area contributed by atoms with E-state index in [1.807, 2.05) is 19.1 Å². The second-order valence-electron chi connectivity index (χ2n) is 4.75. The molecule has 110 valence electrons. The van der Waals surface area contributed by atoms with Crippen molar-refractivity contribution in [1.29, 1.82) is 0 Å². The third kappa shape index (κ3) is 3.42. The Morgan fingerprint density at radius 2 is 2.05 bits per heavy atom. The minimum absolute atomic E-state index is 0.0930. The third-order valence-corrected chi connectivity index (χ3v) is 3.19. The van der Waals surface area contributed by atoms with Gasteiger partial charge in [-0.15, -0.1) is 0 Å². The molecule has 2 N–H and O–H groups in total. The molecule has 20 heavy (non-hydrogen) atoms. The molecule has 1 aromatic rings. The number of rotatable bonds is 6. The molecule has 5 heteroatoms. The topological polar surface area (TPSA) is 70.8 Å². The van der Waals surface area contributed by atoms with E-state index >= 15 is 0 Å². The van der Waals surface area contributed by atoms with Gasteiger partial charge in [0.15, 0.2) is 6.61 Å². The summed E-state index contributed by atoms with van der Waals surface area (Å²) in [5, 5.41) is 0. The molecule has 2 rings (SSSR count). The smallest absolute Gasteiger partial charge is 0.344 e. The number of carbonyl (C=O) groups excluding carboxylic acids is 1. The fraction of sp³-hybridized carbons (Fsp3) is 0.533. The molecule has 0 bridgehead atoms. The van der Waals surface area contributed by atoms with Gasteiger partial charge >= 0.3 is 5.97 Å². The van der Waals surface area contributed by atoms with Crippen LogP contribution in [-0.4, -0.2) is 31.8 Å². The van der Waals surface area contributed by atoms with Crippen molar-refractivity contribution in [3.63, 3.8) is 0 Å². The van der Waals surface area contributed by atoms with E-state index in [9.17, 15) is 4.79 Å². The van der Waals surface area contributed by atoms with Crippen molar-refractivity contribution < 1.29 is 19.0 Å². The van der Waals surface area contributed by atoms with Gasteiger partial charge in [-0.3, -0.25) is 0 Å².